The SMILES string of the molecule is CN=C(NCc1cc(OC)c(OC)cc1Br)N(C)Cc1cccn1C.I. The van der Waals surface area contributed by atoms with Crippen molar-refractivity contribution in [2.45, 2.75) is 13.1 Å². The second-order valence-electron chi connectivity index (χ2n) is 5.67. The summed E-state index contributed by atoms with van der Waals surface area (Å²) in [5, 5.41) is 3.39. The molecule has 0 aliphatic rings. The second kappa shape index (κ2) is 10.7. The summed E-state index contributed by atoms with van der Waals surface area (Å²) in [5.41, 5.74) is 2.28. The van der Waals surface area contributed by atoms with E-state index in [1.807, 2.05) is 38.5 Å². The molecule has 1 N–H and O–H groups in total. The van der Waals surface area contributed by atoms with Crippen molar-refractivity contribution in [3.63, 3.8) is 0 Å². The van der Waals surface area contributed by atoms with Crippen LogP contribution in [0.15, 0.2) is 39.9 Å². The minimum absolute atomic E-state index is 0. The van der Waals surface area contributed by atoms with Gasteiger partial charge in [0.05, 0.1) is 20.8 Å². The zero-order valence-electron chi connectivity index (χ0n) is 15.7. The highest BCUT2D eigenvalue weighted by Crippen LogP contribution is 2.33. The molecule has 1 heterocycles. The van der Waals surface area contributed by atoms with Gasteiger partial charge in [-0.2, -0.15) is 0 Å². The zero-order valence-corrected chi connectivity index (χ0v) is 19.7. The van der Waals surface area contributed by atoms with Crippen LogP contribution in [0.3, 0.4) is 0 Å². The predicted molar refractivity (Wildman–Crippen MR) is 120 cm³/mol. The molecule has 0 spiro atoms. The summed E-state index contributed by atoms with van der Waals surface area (Å²) in [7, 11) is 9.11. The molecule has 26 heavy (non-hydrogen) atoms. The van der Waals surface area contributed by atoms with Crippen molar-refractivity contribution in [1.29, 1.82) is 0 Å². The summed E-state index contributed by atoms with van der Waals surface area (Å²) in [6, 6.07) is 8.02. The lowest BCUT2D eigenvalue weighted by molar-refractivity contribution is 0.354. The quantitative estimate of drug-likeness (QED) is 0.348. The lowest BCUT2D eigenvalue weighted by atomic mass is 10.2. The number of aryl methyl sites for hydroxylation is 1. The maximum atomic E-state index is 5.38. The average molecular weight is 537 g/mol. The van der Waals surface area contributed by atoms with Gasteiger partial charge in [-0.3, -0.25) is 4.99 Å². The number of hydrogen-bond acceptors (Lipinski definition) is 3. The molecular formula is C18H26BrIN4O2. The fourth-order valence-electron chi connectivity index (χ4n) is 2.57. The number of halogens is 2. The molecule has 0 bridgehead atoms. The minimum atomic E-state index is 0. The number of aliphatic imine (C=N–C) groups is 1. The van der Waals surface area contributed by atoms with Crippen LogP contribution in [0.5, 0.6) is 11.5 Å². The standard InChI is InChI=1S/C18H25BrN4O2.HI/c1-20-18(23(3)12-14-7-6-8-22(14)2)21-11-13-9-16(24-4)17(25-5)10-15(13)19;/h6-10H,11-12H2,1-5H3,(H,20,21);1H. The predicted octanol–water partition coefficient (Wildman–Crippen LogP) is 3.63. The molecule has 2 aromatic rings. The van der Waals surface area contributed by atoms with Crippen molar-refractivity contribution >= 4 is 45.9 Å². The lowest BCUT2D eigenvalue weighted by Gasteiger charge is -2.23. The van der Waals surface area contributed by atoms with Gasteiger partial charge in [-0.05, 0) is 29.8 Å². The Bertz CT molecular complexity index is 749. The summed E-state index contributed by atoms with van der Waals surface area (Å²) in [5.74, 6) is 2.22. The molecule has 144 valence electrons. The molecule has 6 nitrogen and oxygen atoms in total. The third-order valence-corrected chi connectivity index (χ3v) is 4.75. The van der Waals surface area contributed by atoms with Crippen LogP contribution in [0.2, 0.25) is 0 Å². The molecule has 0 saturated carbocycles. The summed E-state index contributed by atoms with van der Waals surface area (Å²) in [4.78, 5) is 6.46. The summed E-state index contributed by atoms with van der Waals surface area (Å²) in [6.45, 7) is 1.39. The van der Waals surface area contributed by atoms with Crippen molar-refractivity contribution in [1.82, 2.24) is 14.8 Å². The van der Waals surface area contributed by atoms with E-state index in [1.165, 1.54) is 5.69 Å². The number of aromatic nitrogens is 1. The van der Waals surface area contributed by atoms with Crippen LogP contribution in [0.4, 0.5) is 0 Å². The van der Waals surface area contributed by atoms with E-state index >= 15 is 0 Å². The van der Waals surface area contributed by atoms with Crippen LogP contribution in [0.25, 0.3) is 0 Å². The van der Waals surface area contributed by atoms with E-state index in [2.05, 4.69) is 41.8 Å². The Morgan fingerprint density at radius 3 is 2.46 bits per heavy atom. The van der Waals surface area contributed by atoms with E-state index in [0.29, 0.717) is 18.0 Å². The van der Waals surface area contributed by atoms with Crippen LogP contribution in [0, 0.1) is 0 Å². The highest BCUT2D eigenvalue weighted by molar-refractivity contribution is 14.0. The van der Waals surface area contributed by atoms with Crippen LogP contribution in [-0.2, 0) is 20.1 Å². The molecule has 0 aliphatic carbocycles. The van der Waals surface area contributed by atoms with Crippen molar-refractivity contribution in [3.05, 3.63) is 46.2 Å². The van der Waals surface area contributed by atoms with Crippen LogP contribution in [-0.4, -0.2) is 43.7 Å². The molecule has 8 heteroatoms. The van der Waals surface area contributed by atoms with Gasteiger partial charge in [0.1, 0.15) is 0 Å². The Labute approximate surface area is 180 Å². The van der Waals surface area contributed by atoms with Gasteiger partial charge in [0, 0.05) is 44.1 Å². The number of methoxy groups -OCH3 is 2. The van der Waals surface area contributed by atoms with Gasteiger partial charge in [-0.25, -0.2) is 0 Å². The van der Waals surface area contributed by atoms with Crippen LogP contribution < -0.4 is 14.8 Å². The Hall–Kier alpha value is -1.42. The van der Waals surface area contributed by atoms with Crippen molar-refractivity contribution in [2.75, 3.05) is 28.3 Å². The van der Waals surface area contributed by atoms with E-state index < -0.39 is 0 Å². The molecule has 0 radical (unpaired) electrons. The van der Waals surface area contributed by atoms with Gasteiger partial charge in [-0.15, -0.1) is 24.0 Å². The van der Waals surface area contributed by atoms with Gasteiger partial charge < -0.3 is 24.3 Å². The van der Waals surface area contributed by atoms with E-state index in [-0.39, 0.29) is 24.0 Å². The zero-order chi connectivity index (χ0) is 18.4. The summed E-state index contributed by atoms with van der Waals surface area (Å²) < 4.78 is 13.8. The van der Waals surface area contributed by atoms with E-state index in [0.717, 1.165) is 22.5 Å². The lowest BCUT2D eigenvalue weighted by Crippen LogP contribution is -2.38. The fraction of sp³-hybridized carbons (Fsp3) is 0.389. The number of hydrogen-bond donors (Lipinski definition) is 1. The molecule has 0 saturated heterocycles. The number of guanidine groups is 1. The van der Waals surface area contributed by atoms with Gasteiger partial charge in [0.25, 0.3) is 0 Å². The Balaban J connectivity index is 0.00000338. The molecule has 0 amide bonds. The monoisotopic (exact) mass is 536 g/mol. The van der Waals surface area contributed by atoms with Gasteiger partial charge in [0.2, 0.25) is 0 Å². The van der Waals surface area contributed by atoms with E-state index in [1.54, 1.807) is 21.3 Å². The summed E-state index contributed by atoms with van der Waals surface area (Å²) >= 11 is 3.59. The third-order valence-electron chi connectivity index (χ3n) is 4.01. The average Bonchev–Trinajstić information content (AvgIpc) is 3.01. The molecule has 0 atom stereocenters. The minimum Gasteiger partial charge on any atom is -0.493 e. The first-order valence-electron chi connectivity index (χ1n) is 7.92. The number of benzene rings is 1. The van der Waals surface area contributed by atoms with Gasteiger partial charge in [-0.1, -0.05) is 15.9 Å². The first-order valence-corrected chi connectivity index (χ1v) is 8.71. The summed E-state index contributed by atoms with van der Waals surface area (Å²) in [6.07, 6.45) is 2.04. The Morgan fingerprint density at radius 2 is 1.92 bits per heavy atom. The normalized spacial score (nSPS) is 10.9. The molecule has 0 aliphatic heterocycles. The van der Waals surface area contributed by atoms with E-state index in [4.69, 9.17) is 9.47 Å². The highest BCUT2D eigenvalue weighted by Gasteiger charge is 2.12. The van der Waals surface area contributed by atoms with Gasteiger partial charge in [0.15, 0.2) is 17.5 Å². The first kappa shape index (κ1) is 22.6. The molecule has 0 fully saturated rings. The number of nitrogens with one attached hydrogen (secondary N) is 1. The number of nitrogens with zero attached hydrogens (tertiary/aromatic N) is 3. The molecular weight excluding hydrogens is 511 g/mol. The first-order chi connectivity index (χ1) is 12.0. The second-order valence-corrected chi connectivity index (χ2v) is 6.52. The smallest absolute Gasteiger partial charge is 0.194 e. The van der Waals surface area contributed by atoms with Crippen molar-refractivity contribution < 1.29 is 9.47 Å². The van der Waals surface area contributed by atoms with Crippen LogP contribution >= 0.6 is 39.9 Å². The molecule has 1 aromatic carbocycles. The van der Waals surface area contributed by atoms with Crippen LogP contribution in [0.1, 0.15) is 11.3 Å². The topological polar surface area (TPSA) is 51.0 Å². The van der Waals surface area contributed by atoms with Gasteiger partial charge >= 0.3 is 0 Å². The number of ether oxygens (including phenoxy) is 2. The largest absolute Gasteiger partial charge is 0.493 e. The third kappa shape index (κ3) is 5.54. The molecule has 0 unspecified atom stereocenters. The maximum Gasteiger partial charge on any atom is 0.194 e. The van der Waals surface area contributed by atoms with Crippen molar-refractivity contribution in [3.8, 4) is 11.5 Å². The maximum absolute atomic E-state index is 5.38. The van der Waals surface area contributed by atoms with Crippen molar-refractivity contribution in [2.24, 2.45) is 12.0 Å². The number of rotatable bonds is 6. The van der Waals surface area contributed by atoms with E-state index in [9.17, 15) is 0 Å². The highest BCUT2D eigenvalue weighted by atomic mass is 127. The Kier molecular flexibility index (Phi) is 9.28. The Morgan fingerprint density at radius 1 is 1.27 bits per heavy atom. The molecule has 1 aromatic heterocycles. The molecule has 2 rings (SSSR count). The fourth-order valence-corrected chi connectivity index (χ4v) is 3.03.